The highest BCUT2D eigenvalue weighted by Crippen LogP contribution is 2.32. The maximum Gasteiger partial charge on any atom is 0.0136 e. The van der Waals surface area contributed by atoms with Crippen molar-refractivity contribution in [3.8, 4) is 0 Å². The monoisotopic (exact) mass is 273 g/mol. The standard InChI is InChI=1S/C19H31N/c1-16(2)10-8-9-15-20-19-14-7-6-13-18(19)17-11-4-3-5-12-17/h3-5,11-12,16,18-20H,6-10,13-15H2,1-2H3. The first-order chi connectivity index (χ1) is 9.77. The smallest absolute Gasteiger partial charge is 0.0136 e. The average molecular weight is 273 g/mol. The van der Waals surface area contributed by atoms with Gasteiger partial charge >= 0.3 is 0 Å². The summed E-state index contributed by atoms with van der Waals surface area (Å²) < 4.78 is 0. The number of nitrogens with one attached hydrogen (secondary N) is 1. The van der Waals surface area contributed by atoms with Crippen molar-refractivity contribution >= 4 is 0 Å². The molecule has 1 aliphatic carbocycles. The van der Waals surface area contributed by atoms with Gasteiger partial charge in [0, 0.05) is 6.04 Å². The van der Waals surface area contributed by atoms with Gasteiger partial charge in [0.25, 0.3) is 0 Å². The van der Waals surface area contributed by atoms with E-state index in [1.807, 2.05) is 0 Å². The molecule has 0 spiro atoms. The van der Waals surface area contributed by atoms with Crippen molar-refractivity contribution in [3.63, 3.8) is 0 Å². The van der Waals surface area contributed by atoms with Crippen LogP contribution >= 0.6 is 0 Å². The van der Waals surface area contributed by atoms with Crippen molar-refractivity contribution in [1.29, 1.82) is 0 Å². The lowest BCUT2D eigenvalue weighted by molar-refractivity contribution is 0.324. The Hall–Kier alpha value is -0.820. The zero-order valence-corrected chi connectivity index (χ0v) is 13.3. The fourth-order valence-electron chi connectivity index (χ4n) is 3.44. The molecule has 112 valence electrons. The zero-order valence-electron chi connectivity index (χ0n) is 13.3. The van der Waals surface area contributed by atoms with Gasteiger partial charge in [-0.1, -0.05) is 69.9 Å². The molecule has 0 radical (unpaired) electrons. The lowest BCUT2D eigenvalue weighted by atomic mass is 9.80. The maximum atomic E-state index is 3.84. The lowest BCUT2D eigenvalue weighted by Gasteiger charge is -2.33. The Balaban J connectivity index is 1.79. The highest BCUT2D eigenvalue weighted by molar-refractivity contribution is 5.21. The second-order valence-electron chi connectivity index (χ2n) is 6.75. The van der Waals surface area contributed by atoms with Crippen LogP contribution in [0.5, 0.6) is 0 Å². The summed E-state index contributed by atoms with van der Waals surface area (Å²) in [4.78, 5) is 0. The molecule has 0 aromatic heterocycles. The Labute approximate surface area is 125 Å². The molecule has 1 fully saturated rings. The fourth-order valence-corrected chi connectivity index (χ4v) is 3.44. The van der Waals surface area contributed by atoms with E-state index < -0.39 is 0 Å². The number of unbranched alkanes of at least 4 members (excludes halogenated alkanes) is 1. The van der Waals surface area contributed by atoms with Crippen LogP contribution in [0.1, 0.15) is 70.3 Å². The van der Waals surface area contributed by atoms with Gasteiger partial charge in [-0.25, -0.2) is 0 Å². The largest absolute Gasteiger partial charge is 0.313 e. The molecule has 2 atom stereocenters. The third-order valence-corrected chi connectivity index (χ3v) is 4.61. The van der Waals surface area contributed by atoms with Crippen LogP contribution in [0.2, 0.25) is 0 Å². The SMILES string of the molecule is CC(C)CCCCNC1CCCCC1c1ccccc1. The third kappa shape index (κ3) is 4.94. The van der Waals surface area contributed by atoms with E-state index in [1.54, 1.807) is 0 Å². The molecule has 0 amide bonds. The van der Waals surface area contributed by atoms with Crippen molar-refractivity contribution in [2.75, 3.05) is 6.54 Å². The molecule has 1 aromatic carbocycles. The quantitative estimate of drug-likeness (QED) is 0.679. The Kier molecular flexibility index (Phi) is 6.59. The summed E-state index contributed by atoms with van der Waals surface area (Å²) in [7, 11) is 0. The molecule has 1 N–H and O–H groups in total. The van der Waals surface area contributed by atoms with Gasteiger partial charge in [0.2, 0.25) is 0 Å². The van der Waals surface area contributed by atoms with E-state index in [1.165, 1.54) is 57.1 Å². The molecule has 0 heterocycles. The summed E-state index contributed by atoms with van der Waals surface area (Å²) in [6, 6.07) is 11.8. The van der Waals surface area contributed by atoms with Crippen molar-refractivity contribution in [3.05, 3.63) is 35.9 Å². The number of benzene rings is 1. The Morgan fingerprint density at radius 2 is 1.80 bits per heavy atom. The maximum absolute atomic E-state index is 3.84. The summed E-state index contributed by atoms with van der Waals surface area (Å²) in [5, 5.41) is 3.84. The van der Waals surface area contributed by atoms with E-state index in [0.29, 0.717) is 6.04 Å². The van der Waals surface area contributed by atoms with E-state index >= 15 is 0 Å². The first-order valence-corrected chi connectivity index (χ1v) is 8.55. The van der Waals surface area contributed by atoms with Gasteiger partial charge in [0.15, 0.2) is 0 Å². The van der Waals surface area contributed by atoms with Gasteiger partial charge in [-0.05, 0) is 43.2 Å². The molecular formula is C19H31N. The lowest BCUT2D eigenvalue weighted by Crippen LogP contribution is -2.37. The molecule has 1 aliphatic rings. The summed E-state index contributed by atoms with van der Waals surface area (Å²) >= 11 is 0. The predicted octanol–water partition coefficient (Wildman–Crippen LogP) is 5.13. The predicted molar refractivity (Wildman–Crippen MR) is 88.1 cm³/mol. The average Bonchev–Trinajstić information content (AvgIpc) is 2.48. The normalized spacial score (nSPS) is 23.1. The summed E-state index contributed by atoms with van der Waals surface area (Å²) in [6.45, 7) is 5.83. The van der Waals surface area contributed by atoms with Gasteiger partial charge in [-0.3, -0.25) is 0 Å². The van der Waals surface area contributed by atoms with Crippen LogP contribution in [0, 0.1) is 5.92 Å². The van der Waals surface area contributed by atoms with Crippen molar-refractivity contribution < 1.29 is 0 Å². The molecule has 0 bridgehead atoms. The summed E-state index contributed by atoms with van der Waals surface area (Å²) in [5.74, 6) is 1.58. The molecule has 0 aliphatic heterocycles. The first kappa shape index (κ1) is 15.6. The van der Waals surface area contributed by atoms with E-state index in [0.717, 1.165) is 11.8 Å². The number of rotatable bonds is 7. The Morgan fingerprint density at radius 3 is 2.55 bits per heavy atom. The molecule has 20 heavy (non-hydrogen) atoms. The van der Waals surface area contributed by atoms with Crippen LogP contribution in [-0.4, -0.2) is 12.6 Å². The molecule has 0 saturated heterocycles. The van der Waals surface area contributed by atoms with Crippen LogP contribution in [0.3, 0.4) is 0 Å². The molecule has 2 unspecified atom stereocenters. The fraction of sp³-hybridized carbons (Fsp3) is 0.684. The van der Waals surface area contributed by atoms with Crippen molar-refractivity contribution in [2.45, 2.75) is 70.8 Å². The molecule has 1 aromatic rings. The molecular weight excluding hydrogens is 242 g/mol. The van der Waals surface area contributed by atoms with Gasteiger partial charge < -0.3 is 5.32 Å². The molecule has 2 rings (SSSR count). The minimum atomic E-state index is 0.699. The number of hydrogen-bond acceptors (Lipinski definition) is 1. The second kappa shape index (κ2) is 8.46. The minimum absolute atomic E-state index is 0.699. The van der Waals surface area contributed by atoms with E-state index in [-0.39, 0.29) is 0 Å². The van der Waals surface area contributed by atoms with Crippen molar-refractivity contribution in [1.82, 2.24) is 5.32 Å². The van der Waals surface area contributed by atoms with Crippen LogP contribution in [0.4, 0.5) is 0 Å². The minimum Gasteiger partial charge on any atom is -0.313 e. The van der Waals surface area contributed by atoms with E-state index in [9.17, 15) is 0 Å². The van der Waals surface area contributed by atoms with Crippen LogP contribution in [0.15, 0.2) is 30.3 Å². The van der Waals surface area contributed by atoms with Gasteiger partial charge in [-0.2, -0.15) is 0 Å². The number of hydrogen-bond donors (Lipinski definition) is 1. The van der Waals surface area contributed by atoms with E-state index in [2.05, 4.69) is 49.5 Å². The van der Waals surface area contributed by atoms with Gasteiger partial charge in [0.1, 0.15) is 0 Å². The first-order valence-electron chi connectivity index (χ1n) is 8.55. The van der Waals surface area contributed by atoms with Crippen molar-refractivity contribution in [2.24, 2.45) is 5.92 Å². The zero-order chi connectivity index (χ0) is 14.2. The van der Waals surface area contributed by atoms with Gasteiger partial charge in [-0.15, -0.1) is 0 Å². The van der Waals surface area contributed by atoms with Gasteiger partial charge in [0.05, 0.1) is 0 Å². The Morgan fingerprint density at radius 1 is 1.05 bits per heavy atom. The van der Waals surface area contributed by atoms with Crippen LogP contribution in [-0.2, 0) is 0 Å². The summed E-state index contributed by atoms with van der Waals surface area (Å²) in [6.07, 6.45) is 9.56. The molecule has 1 heteroatoms. The second-order valence-corrected chi connectivity index (χ2v) is 6.75. The summed E-state index contributed by atoms with van der Waals surface area (Å²) in [5.41, 5.74) is 1.53. The molecule has 1 nitrogen and oxygen atoms in total. The Bertz CT molecular complexity index is 357. The van der Waals surface area contributed by atoms with Crippen LogP contribution < -0.4 is 5.32 Å². The highest BCUT2D eigenvalue weighted by Gasteiger charge is 2.25. The van der Waals surface area contributed by atoms with Crippen LogP contribution in [0.25, 0.3) is 0 Å². The highest BCUT2D eigenvalue weighted by atomic mass is 14.9. The third-order valence-electron chi connectivity index (χ3n) is 4.61. The topological polar surface area (TPSA) is 12.0 Å². The van der Waals surface area contributed by atoms with E-state index in [4.69, 9.17) is 0 Å². The molecule has 1 saturated carbocycles.